The molecule has 65 heavy (non-hydrogen) atoms. The van der Waals surface area contributed by atoms with E-state index in [2.05, 4.69) is 43.5 Å². The number of esters is 1. The van der Waals surface area contributed by atoms with Gasteiger partial charge in [0.1, 0.15) is 0 Å². The predicted octanol–water partition coefficient (Wildman–Crippen LogP) is 17.6. The van der Waals surface area contributed by atoms with Gasteiger partial charge in [0.15, 0.2) is 0 Å². The van der Waals surface area contributed by atoms with E-state index in [1.807, 2.05) is 6.08 Å². The Morgan fingerprint density at radius 3 is 1.09 bits per heavy atom. The zero-order valence-electron chi connectivity index (χ0n) is 43.5. The lowest BCUT2D eigenvalue weighted by Crippen LogP contribution is -2.45. The summed E-state index contributed by atoms with van der Waals surface area (Å²) in [6.45, 7) is 4.88. The first kappa shape index (κ1) is 63.1. The molecule has 0 rings (SSSR count). The number of carbonyl (C=O) groups excluding carboxylic acids is 2. The molecule has 382 valence electrons. The van der Waals surface area contributed by atoms with Crippen LogP contribution in [0, 0.1) is 0 Å². The molecule has 0 aliphatic carbocycles. The van der Waals surface area contributed by atoms with Crippen LogP contribution < -0.4 is 5.32 Å². The molecule has 0 bridgehead atoms. The fraction of sp³-hybridized carbons (Fsp3) is 0.864. The van der Waals surface area contributed by atoms with Gasteiger partial charge in [0.25, 0.3) is 0 Å². The number of amides is 1. The standard InChI is InChI=1S/C59H111NO5/c1-3-5-7-9-11-13-15-17-19-20-25-29-33-37-41-45-49-53-59(64)65-54-50-46-42-38-34-30-26-22-21-24-28-32-36-40-44-48-52-58(63)60-56(55-61)57(62)51-47-43-39-35-31-27-23-18-16-14-12-10-8-6-4-2/h17,19,21,24,47,51,56-57,61-62H,3-16,18,20,22-23,25-46,48-50,52-55H2,1-2H3,(H,60,63)/b19-17-,24-21-,51-47+. The number of hydrogen-bond donors (Lipinski definition) is 3. The number of nitrogens with one attached hydrogen (secondary N) is 1. The molecule has 6 nitrogen and oxygen atoms in total. The molecule has 0 saturated heterocycles. The Labute approximate surface area is 404 Å². The Bertz CT molecular complexity index is 1060. The van der Waals surface area contributed by atoms with Crippen molar-refractivity contribution in [2.45, 2.75) is 315 Å². The quantitative estimate of drug-likeness (QED) is 0.0321. The molecule has 0 aromatic carbocycles. The summed E-state index contributed by atoms with van der Waals surface area (Å²) in [6, 6.07) is -0.640. The van der Waals surface area contributed by atoms with E-state index in [4.69, 9.17) is 4.74 Å². The predicted molar refractivity (Wildman–Crippen MR) is 283 cm³/mol. The van der Waals surface area contributed by atoms with Gasteiger partial charge in [-0.2, -0.15) is 0 Å². The fourth-order valence-corrected chi connectivity index (χ4v) is 8.68. The lowest BCUT2D eigenvalue weighted by atomic mass is 10.0. The van der Waals surface area contributed by atoms with E-state index in [-0.39, 0.29) is 18.5 Å². The van der Waals surface area contributed by atoms with Gasteiger partial charge in [-0.05, 0) is 83.5 Å². The first-order valence-corrected chi connectivity index (χ1v) is 28.8. The zero-order chi connectivity index (χ0) is 47.2. The van der Waals surface area contributed by atoms with Gasteiger partial charge in [-0.3, -0.25) is 9.59 Å². The van der Waals surface area contributed by atoms with Crippen LogP contribution in [0.5, 0.6) is 0 Å². The average Bonchev–Trinajstić information content (AvgIpc) is 3.31. The largest absolute Gasteiger partial charge is 0.466 e. The molecule has 2 atom stereocenters. The first-order chi connectivity index (χ1) is 32.0. The fourth-order valence-electron chi connectivity index (χ4n) is 8.68. The van der Waals surface area contributed by atoms with Gasteiger partial charge in [-0.1, -0.05) is 243 Å². The summed E-state index contributed by atoms with van der Waals surface area (Å²) >= 11 is 0. The number of unbranched alkanes of at least 4 members (excludes halogenated alkanes) is 38. The second-order valence-corrected chi connectivity index (χ2v) is 19.6. The minimum absolute atomic E-state index is 0.00739. The number of aliphatic hydroxyl groups is 2. The Kier molecular flexibility index (Phi) is 53.1. The maximum absolute atomic E-state index is 12.4. The maximum atomic E-state index is 12.4. The molecule has 6 heteroatoms. The number of carbonyl (C=O) groups is 2. The lowest BCUT2D eigenvalue weighted by molar-refractivity contribution is -0.143. The van der Waals surface area contributed by atoms with Crippen LogP contribution in [0.3, 0.4) is 0 Å². The van der Waals surface area contributed by atoms with E-state index in [0.717, 1.165) is 64.2 Å². The summed E-state index contributed by atoms with van der Waals surface area (Å²) in [5, 5.41) is 23.1. The Balaban J connectivity index is 3.49. The molecule has 0 heterocycles. The highest BCUT2D eigenvalue weighted by Crippen LogP contribution is 2.16. The topological polar surface area (TPSA) is 95.9 Å². The minimum atomic E-state index is -0.855. The van der Waals surface area contributed by atoms with Gasteiger partial charge in [0.05, 0.1) is 25.4 Å². The third-order valence-electron chi connectivity index (χ3n) is 13.1. The van der Waals surface area contributed by atoms with Crippen LogP contribution in [0.4, 0.5) is 0 Å². The van der Waals surface area contributed by atoms with Crippen LogP contribution in [0.1, 0.15) is 303 Å². The summed E-state index contributed by atoms with van der Waals surface area (Å²) in [7, 11) is 0. The zero-order valence-corrected chi connectivity index (χ0v) is 43.5. The number of hydrogen-bond acceptors (Lipinski definition) is 5. The van der Waals surface area contributed by atoms with Crippen LogP contribution in [-0.4, -0.2) is 47.4 Å². The summed E-state index contributed by atoms with van der Waals surface area (Å²) in [5.74, 6) is -0.0922. The van der Waals surface area contributed by atoms with Gasteiger partial charge in [-0.25, -0.2) is 0 Å². The van der Waals surface area contributed by atoms with Gasteiger partial charge in [-0.15, -0.1) is 0 Å². The van der Waals surface area contributed by atoms with Gasteiger partial charge in [0, 0.05) is 12.8 Å². The van der Waals surface area contributed by atoms with Crippen molar-refractivity contribution in [3.8, 4) is 0 Å². The number of rotatable bonds is 53. The summed E-state index contributed by atoms with van der Waals surface area (Å²) in [4.78, 5) is 24.5. The number of allylic oxidation sites excluding steroid dienone is 5. The molecule has 1 amide bonds. The van der Waals surface area contributed by atoms with Crippen molar-refractivity contribution in [1.29, 1.82) is 0 Å². The molecule has 0 aromatic rings. The van der Waals surface area contributed by atoms with Crippen molar-refractivity contribution < 1.29 is 24.5 Å². The summed E-state index contributed by atoms with van der Waals surface area (Å²) in [6.07, 6.45) is 67.3. The van der Waals surface area contributed by atoms with Crippen LogP contribution in [0.25, 0.3) is 0 Å². The highest BCUT2D eigenvalue weighted by Gasteiger charge is 2.18. The molecular weight excluding hydrogens is 803 g/mol. The number of aliphatic hydroxyl groups excluding tert-OH is 2. The van der Waals surface area contributed by atoms with E-state index in [0.29, 0.717) is 19.4 Å². The van der Waals surface area contributed by atoms with Crippen LogP contribution in [0.15, 0.2) is 36.5 Å². The van der Waals surface area contributed by atoms with Crippen molar-refractivity contribution in [2.75, 3.05) is 13.2 Å². The van der Waals surface area contributed by atoms with Crippen LogP contribution in [-0.2, 0) is 14.3 Å². The highest BCUT2D eigenvalue weighted by molar-refractivity contribution is 5.76. The van der Waals surface area contributed by atoms with Gasteiger partial charge < -0.3 is 20.3 Å². The van der Waals surface area contributed by atoms with Crippen LogP contribution >= 0.6 is 0 Å². The molecule has 0 fully saturated rings. The SMILES string of the molecule is CCCCCCCC/C=C\CCCCCCCCCC(=O)OCCCCCCCCC/C=C\CCCCCCCC(=O)NC(CO)C(O)/C=C/CCCCCCCCCCCCCCC. The summed E-state index contributed by atoms with van der Waals surface area (Å²) < 4.78 is 5.47. The van der Waals surface area contributed by atoms with E-state index in [1.165, 1.54) is 212 Å². The molecule has 3 N–H and O–H groups in total. The summed E-state index contributed by atoms with van der Waals surface area (Å²) in [5.41, 5.74) is 0. The molecule has 0 radical (unpaired) electrons. The Hall–Kier alpha value is -1.92. The lowest BCUT2D eigenvalue weighted by Gasteiger charge is -2.20. The maximum Gasteiger partial charge on any atom is 0.305 e. The first-order valence-electron chi connectivity index (χ1n) is 28.8. The highest BCUT2D eigenvalue weighted by atomic mass is 16.5. The van der Waals surface area contributed by atoms with E-state index in [9.17, 15) is 19.8 Å². The van der Waals surface area contributed by atoms with E-state index < -0.39 is 12.1 Å². The third-order valence-corrected chi connectivity index (χ3v) is 13.1. The molecule has 0 aromatic heterocycles. The van der Waals surface area contributed by atoms with Crippen molar-refractivity contribution in [3.63, 3.8) is 0 Å². The second kappa shape index (κ2) is 54.7. The Morgan fingerprint density at radius 2 is 0.723 bits per heavy atom. The van der Waals surface area contributed by atoms with Crippen molar-refractivity contribution in [3.05, 3.63) is 36.5 Å². The van der Waals surface area contributed by atoms with E-state index >= 15 is 0 Å². The average molecular weight is 915 g/mol. The van der Waals surface area contributed by atoms with Crippen LogP contribution in [0.2, 0.25) is 0 Å². The van der Waals surface area contributed by atoms with Crippen molar-refractivity contribution in [1.82, 2.24) is 5.32 Å². The third kappa shape index (κ3) is 51.3. The normalized spacial score (nSPS) is 12.9. The molecule has 2 unspecified atom stereocenters. The monoisotopic (exact) mass is 914 g/mol. The van der Waals surface area contributed by atoms with Gasteiger partial charge in [0.2, 0.25) is 5.91 Å². The molecule has 0 aliphatic heterocycles. The molecular formula is C59H111NO5. The smallest absolute Gasteiger partial charge is 0.305 e. The van der Waals surface area contributed by atoms with Crippen molar-refractivity contribution >= 4 is 11.9 Å². The molecule has 0 aliphatic rings. The minimum Gasteiger partial charge on any atom is -0.466 e. The molecule has 0 saturated carbocycles. The second-order valence-electron chi connectivity index (χ2n) is 19.6. The van der Waals surface area contributed by atoms with E-state index in [1.54, 1.807) is 6.08 Å². The number of ether oxygens (including phenoxy) is 1. The van der Waals surface area contributed by atoms with Crippen molar-refractivity contribution in [2.24, 2.45) is 0 Å². The molecule has 0 spiro atoms. The van der Waals surface area contributed by atoms with Gasteiger partial charge >= 0.3 is 5.97 Å². The Morgan fingerprint density at radius 1 is 0.415 bits per heavy atom.